The largest absolute Gasteiger partial charge is 0.495 e. The van der Waals surface area contributed by atoms with Gasteiger partial charge in [-0.2, -0.15) is 4.99 Å². The third-order valence-electron chi connectivity index (χ3n) is 3.95. The number of fused-ring (bicyclic) bond motifs is 1. The van der Waals surface area contributed by atoms with E-state index in [1.165, 1.54) is 11.3 Å². The number of hydrogen-bond acceptors (Lipinski definition) is 3. The first-order valence-corrected chi connectivity index (χ1v) is 9.68. The molecule has 0 aliphatic carbocycles. The Bertz CT molecular complexity index is 1000. The average Bonchev–Trinajstić information content (AvgIpc) is 2.95. The molecule has 0 aliphatic rings. The van der Waals surface area contributed by atoms with Crippen molar-refractivity contribution in [2.75, 3.05) is 7.11 Å². The van der Waals surface area contributed by atoms with Gasteiger partial charge in [0.2, 0.25) is 0 Å². The van der Waals surface area contributed by atoms with E-state index in [1.54, 1.807) is 13.2 Å². The van der Waals surface area contributed by atoms with Gasteiger partial charge in [-0.25, -0.2) is 0 Å². The second-order valence-corrected chi connectivity index (χ2v) is 7.53. The Balaban J connectivity index is 2.25. The van der Waals surface area contributed by atoms with Crippen molar-refractivity contribution in [1.82, 2.24) is 4.57 Å². The number of hydrogen-bond donors (Lipinski definition) is 0. The monoisotopic (exact) mass is 418 g/mol. The van der Waals surface area contributed by atoms with Crippen molar-refractivity contribution in [1.29, 1.82) is 0 Å². The molecule has 1 amide bonds. The number of aryl methyl sites for hydroxylation is 2. The number of ether oxygens (including phenoxy) is 1. The van der Waals surface area contributed by atoms with Gasteiger partial charge < -0.3 is 9.30 Å². The maximum absolute atomic E-state index is 12.7. The molecule has 2 aromatic carbocycles. The Morgan fingerprint density at radius 2 is 2.04 bits per heavy atom. The van der Waals surface area contributed by atoms with Gasteiger partial charge in [0.25, 0.3) is 5.91 Å². The number of amides is 1. The second kappa shape index (κ2) is 7.54. The maximum atomic E-state index is 12.7. The minimum atomic E-state index is -0.250. The molecule has 3 aromatic rings. The molecule has 0 radical (unpaired) electrons. The number of aromatic nitrogens is 1. The average molecular weight is 419 g/mol. The zero-order valence-corrected chi connectivity index (χ0v) is 16.8. The molecule has 0 N–H and O–H groups in total. The summed E-state index contributed by atoms with van der Waals surface area (Å²) in [6.07, 6.45) is 0.944. The molecular weight excluding hydrogens is 400 g/mol. The summed E-state index contributed by atoms with van der Waals surface area (Å²) in [5, 5.41) is 0. The fraction of sp³-hybridized carbons (Fsp3) is 0.263. The van der Waals surface area contributed by atoms with Crippen LogP contribution in [0, 0.1) is 6.92 Å². The molecule has 1 aromatic heterocycles. The van der Waals surface area contributed by atoms with Crippen LogP contribution in [-0.2, 0) is 6.54 Å². The van der Waals surface area contributed by atoms with Gasteiger partial charge in [0.1, 0.15) is 11.3 Å². The molecule has 4 nitrogen and oxygen atoms in total. The predicted molar refractivity (Wildman–Crippen MR) is 105 cm³/mol. The highest BCUT2D eigenvalue weighted by Gasteiger charge is 2.15. The van der Waals surface area contributed by atoms with Crippen molar-refractivity contribution in [3.63, 3.8) is 0 Å². The Morgan fingerprint density at radius 3 is 2.72 bits per heavy atom. The van der Waals surface area contributed by atoms with Crippen molar-refractivity contribution < 1.29 is 9.53 Å². The molecule has 0 atom stereocenters. The van der Waals surface area contributed by atoms with Crippen LogP contribution in [0.15, 0.2) is 45.9 Å². The van der Waals surface area contributed by atoms with Crippen molar-refractivity contribution in [2.45, 2.75) is 26.8 Å². The third-order valence-corrected chi connectivity index (χ3v) is 5.86. The highest BCUT2D eigenvalue weighted by atomic mass is 79.9. The fourth-order valence-electron chi connectivity index (χ4n) is 2.74. The molecule has 0 saturated carbocycles. The summed E-state index contributed by atoms with van der Waals surface area (Å²) in [6.45, 7) is 4.95. The molecule has 0 saturated heterocycles. The van der Waals surface area contributed by atoms with Crippen molar-refractivity contribution in [3.8, 4) is 5.75 Å². The second-order valence-electron chi connectivity index (χ2n) is 5.70. The van der Waals surface area contributed by atoms with E-state index in [0.29, 0.717) is 10.4 Å². The Hall–Kier alpha value is -1.92. The Labute approximate surface area is 158 Å². The van der Waals surface area contributed by atoms with Crippen LogP contribution in [0.1, 0.15) is 29.3 Å². The SMILES string of the molecule is CCCn1c(=NC(=O)c2ccccc2Br)sc2c(C)ccc(OC)c21. The zero-order valence-electron chi connectivity index (χ0n) is 14.4. The van der Waals surface area contributed by atoms with Gasteiger partial charge in [0.15, 0.2) is 4.80 Å². The molecule has 0 unspecified atom stereocenters. The van der Waals surface area contributed by atoms with E-state index in [9.17, 15) is 4.79 Å². The molecule has 1 heterocycles. The molecule has 0 spiro atoms. The van der Waals surface area contributed by atoms with E-state index >= 15 is 0 Å². The van der Waals surface area contributed by atoms with Gasteiger partial charge in [0, 0.05) is 11.0 Å². The van der Waals surface area contributed by atoms with E-state index in [1.807, 2.05) is 30.3 Å². The van der Waals surface area contributed by atoms with Gasteiger partial charge in [-0.3, -0.25) is 4.79 Å². The summed E-state index contributed by atoms with van der Waals surface area (Å²) in [4.78, 5) is 17.8. The lowest BCUT2D eigenvalue weighted by atomic mass is 10.2. The van der Waals surface area contributed by atoms with Gasteiger partial charge >= 0.3 is 0 Å². The lowest BCUT2D eigenvalue weighted by Crippen LogP contribution is -2.17. The molecule has 3 rings (SSSR count). The summed E-state index contributed by atoms with van der Waals surface area (Å²) in [6, 6.07) is 11.3. The standard InChI is InChI=1S/C19H19BrN2O2S/c1-4-11-22-16-15(24-3)10-9-12(2)17(16)25-19(22)21-18(23)13-7-5-6-8-14(13)20/h5-10H,4,11H2,1-3H3. The third kappa shape index (κ3) is 3.41. The van der Waals surface area contributed by atoms with Crippen LogP contribution in [-0.4, -0.2) is 17.6 Å². The normalized spacial score (nSPS) is 11.9. The van der Waals surface area contributed by atoms with Gasteiger partial charge in [-0.05, 0) is 53.0 Å². The van der Waals surface area contributed by atoms with Crippen molar-refractivity contribution in [3.05, 3.63) is 56.8 Å². The molecular formula is C19H19BrN2O2S. The number of methoxy groups -OCH3 is 1. The maximum Gasteiger partial charge on any atom is 0.280 e. The molecule has 0 aliphatic heterocycles. The topological polar surface area (TPSA) is 43.6 Å². The van der Waals surface area contributed by atoms with Gasteiger partial charge in [0.05, 0.1) is 17.4 Å². The number of thiazole rings is 1. The fourth-order valence-corrected chi connectivity index (χ4v) is 4.34. The summed E-state index contributed by atoms with van der Waals surface area (Å²) in [5.41, 5.74) is 2.72. The first-order chi connectivity index (χ1) is 12.1. The number of carbonyl (C=O) groups is 1. The predicted octanol–water partition coefficient (Wildman–Crippen LogP) is 4.93. The first kappa shape index (κ1) is 17.9. The summed E-state index contributed by atoms with van der Waals surface area (Å²) in [5.74, 6) is 0.556. The van der Waals surface area contributed by atoms with Crippen molar-refractivity contribution in [2.24, 2.45) is 4.99 Å². The molecule has 25 heavy (non-hydrogen) atoms. The van der Waals surface area contributed by atoms with Crippen LogP contribution < -0.4 is 9.54 Å². The van der Waals surface area contributed by atoms with E-state index in [4.69, 9.17) is 4.74 Å². The quantitative estimate of drug-likeness (QED) is 0.602. The number of carbonyl (C=O) groups excluding carboxylic acids is 1. The van der Waals surface area contributed by atoms with Crippen LogP contribution in [0.25, 0.3) is 10.2 Å². The Morgan fingerprint density at radius 1 is 1.28 bits per heavy atom. The first-order valence-electron chi connectivity index (χ1n) is 8.07. The minimum absolute atomic E-state index is 0.250. The van der Waals surface area contributed by atoms with E-state index < -0.39 is 0 Å². The van der Waals surface area contributed by atoms with E-state index in [2.05, 4.69) is 39.3 Å². The Kier molecular flexibility index (Phi) is 5.39. The highest BCUT2D eigenvalue weighted by Crippen LogP contribution is 2.30. The molecule has 130 valence electrons. The smallest absolute Gasteiger partial charge is 0.280 e. The zero-order chi connectivity index (χ0) is 18.0. The highest BCUT2D eigenvalue weighted by molar-refractivity contribution is 9.10. The molecule has 0 bridgehead atoms. The summed E-state index contributed by atoms with van der Waals surface area (Å²) in [7, 11) is 1.67. The van der Waals surface area contributed by atoms with Crippen LogP contribution >= 0.6 is 27.3 Å². The van der Waals surface area contributed by atoms with Crippen LogP contribution in [0.4, 0.5) is 0 Å². The molecule has 6 heteroatoms. The van der Waals surface area contributed by atoms with Crippen molar-refractivity contribution >= 4 is 43.4 Å². The van der Waals surface area contributed by atoms with Crippen LogP contribution in [0.5, 0.6) is 5.75 Å². The molecule has 0 fully saturated rings. The van der Waals surface area contributed by atoms with Gasteiger partial charge in [-0.15, -0.1) is 0 Å². The van der Waals surface area contributed by atoms with E-state index in [-0.39, 0.29) is 5.91 Å². The number of rotatable bonds is 4. The summed E-state index contributed by atoms with van der Waals surface area (Å²) >= 11 is 4.95. The minimum Gasteiger partial charge on any atom is -0.495 e. The number of nitrogens with zero attached hydrogens (tertiary/aromatic N) is 2. The number of benzene rings is 2. The van der Waals surface area contributed by atoms with E-state index in [0.717, 1.165) is 39.0 Å². The van der Waals surface area contributed by atoms with Crippen LogP contribution in [0.2, 0.25) is 0 Å². The lowest BCUT2D eigenvalue weighted by Gasteiger charge is -2.08. The number of halogens is 1. The summed E-state index contributed by atoms with van der Waals surface area (Å²) < 4.78 is 9.48. The van der Waals surface area contributed by atoms with Crippen LogP contribution in [0.3, 0.4) is 0 Å². The van der Waals surface area contributed by atoms with Gasteiger partial charge in [-0.1, -0.05) is 36.5 Å². The lowest BCUT2D eigenvalue weighted by molar-refractivity contribution is 0.0997.